The van der Waals surface area contributed by atoms with E-state index in [9.17, 15) is 18.0 Å². The van der Waals surface area contributed by atoms with Gasteiger partial charge in [-0.1, -0.05) is 0 Å². The first-order valence-electron chi connectivity index (χ1n) is 9.23. The van der Waals surface area contributed by atoms with Gasteiger partial charge in [0.25, 0.3) is 5.91 Å². The van der Waals surface area contributed by atoms with Gasteiger partial charge in [-0.25, -0.2) is 13.2 Å². The molecule has 0 atom stereocenters. The highest BCUT2D eigenvalue weighted by Crippen LogP contribution is 2.33. The van der Waals surface area contributed by atoms with Crippen LogP contribution < -0.4 is 5.32 Å². The number of nitrogens with one attached hydrogen (secondary N) is 1. The molecule has 0 saturated heterocycles. The van der Waals surface area contributed by atoms with Crippen molar-refractivity contribution in [1.82, 2.24) is 4.31 Å². The summed E-state index contributed by atoms with van der Waals surface area (Å²) in [4.78, 5) is 25.7. The summed E-state index contributed by atoms with van der Waals surface area (Å²) < 4.78 is 36.7. The van der Waals surface area contributed by atoms with Gasteiger partial charge in [0.15, 0.2) is 0 Å². The Morgan fingerprint density at radius 1 is 1.16 bits per heavy atom. The van der Waals surface area contributed by atoms with Gasteiger partial charge in [0.1, 0.15) is 10.8 Å². The maximum atomic E-state index is 12.8. The van der Waals surface area contributed by atoms with Crippen LogP contribution in [0.1, 0.15) is 36.9 Å². The first-order chi connectivity index (χ1) is 14.6. The fourth-order valence-corrected chi connectivity index (χ4v) is 5.08. The van der Waals surface area contributed by atoms with Crippen LogP contribution in [-0.2, 0) is 21.3 Å². The lowest BCUT2D eigenvalue weighted by Gasteiger charge is -2.16. The topological polar surface area (TPSA) is 106 Å². The molecule has 0 aliphatic carbocycles. The van der Waals surface area contributed by atoms with Gasteiger partial charge in [-0.3, -0.25) is 4.79 Å². The quantitative estimate of drug-likeness (QED) is 0.535. The Bertz CT molecular complexity index is 1200. The number of nitrogens with zero attached hydrogens (tertiary/aromatic N) is 1. The van der Waals surface area contributed by atoms with E-state index in [2.05, 4.69) is 5.32 Å². The minimum atomic E-state index is -3.76. The van der Waals surface area contributed by atoms with Crippen molar-refractivity contribution in [1.29, 1.82) is 0 Å². The van der Waals surface area contributed by atoms with Crippen molar-refractivity contribution < 1.29 is 27.2 Å². The minimum Gasteiger partial charge on any atom is -0.468 e. The minimum absolute atomic E-state index is 0.0520. The number of hydrogen-bond donors (Lipinski definition) is 1. The first kappa shape index (κ1) is 22.7. The van der Waals surface area contributed by atoms with Gasteiger partial charge in [0.05, 0.1) is 30.4 Å². The van der Waals surface area contributed by atoms with Crippen LogP contribution in [0.2, 0.25) is 0 Å². The number of esters is 1. The molecule has 0 aliphatic rings. The SMILES string of the molecule is COC(=O)c1c(NC(=O)c2ccc(S(=O)(=O)N(C)Cc3ccco3)cc2)sc(C)c1C. The van der Waals surface area contributed by atoms with Crippen molar-refractivity contribution in [3.63, 3.8) is 0 Å². The predicted octanol–water partition coefficient (Wildman–Crippen LogP) is 3.82. The summed E-state index contributed by atoms with van der Waals surface area (Å²) in [7, 11) is -1.02. The molecule has 1 N–H and O–H groups in total. The smallest absolute Gasteiger partial charge is 0.341 e. The Kier molecular flexibility index (Phi) is 6.63. The Labute approximate surface area is 184 Å². The molecular weight excluding hydrogens is 440 g/mol. The summed E-state index contributed by atoms with van der Waals surface area (Å²) in [6.07, 6.45) is 1.48. The van der Waals surface area contributed by atoms with Gasteiger partial charge in [-0.2, -0.15) is 4.31 Å². The third-order valence-electron chi connectivity index (χ3n) is 4.79. The van der Waals surface area contributed by atoms with Crippen LogP contribution in [-0.4, -0.2) is 38.8 Å². The van der Waals surface area contributed by atoms with Gasteiger partial charge in [-0.05, 0) is 55.8 Å². The molecule has 164 valence electrons. The summed E-state index contributed by atoms with van der Waals surface area (Å²) in [5.41, 5.74) is 1.32. The molecule has 10 heteroatoms. The van der Waals surface area contributed by atoms with Crippen molar-refractivity contribution in [2.24, 2.45) is 0 Å². The van der Waals surface area contributed by atoms with Crippen molar-refractivity contribution >= 4 is 38.2 Å². The number of carbonyl (C=O) groups is 2. The molecule has 1 amide bonds. The largest absolute Gasteiger partial charge is 0.468 e. The molecule has 0 unspecified atom stereocenters. The van der Waals surface area contributed by atoms with Gasteiger partial charge < -0.3 is 14.5 Å². The Hall–Kier alpha value is -2.95. The molecule has 3 aromatic rings. The molecule has 0 spiro atoms. The summed E-state index contributed by atoms with van der Waals surface area (Å²) in [5, 5.41) is 3.11. The normalized spacial score (nSPS) is 11.5. The highest BCUT2D eigenvalue weighted by atomic mass is 32.2. The number of amides is 1. The number of sulfonamides is 1. The number of carbonyl (C=O) groups excluding carboxylic acids is 2. The number of aryl methyl sites for hydroxylation is 1. The summed E-state index contributed by atoms with van der Waals surface area (Å²) in [6, 6.07) is 8.97. The van der Waals surface area contributed by atoms with Gasteiger partial charge in [0, 0.05) is 17.5 Å². The van der Waals surface area contributed by atoms with Crippen LogP contribution in [0.5, 0.6) is 0 Å². The van der Waals surface area contributed by atoms with E-state index in [1.165, 1.54) is 60.3 Å². The van der Waals surface area contributed by atoms with E-state index in [1.54, 1.807) is 19.1 Å². The number of methoxy groups -OCH3 is 1. The van der Waals surface area contributed by atoms with Crippen LogP contribution in [0.4, 0.5) is 5.00 Å². The van der Waals surface area contributed by atoms with Crippen molar-refractivity contribution in [2.45, 2.75) is 25.3 Å². The standard InChI is InChI=1S/C21H22N2O6S2/c1-13-14(2)30-20(18(13)21(25)28-4)22-19(24)15-7-9-17(10-8-15)31(26,27)23(3)12-16-6-5-11-29-16/h5-11H,12H2,1-4H3,(H,22,24). The van der Waals surface area contributed by atoms with Gasteiger partial charge >= 0.3 is 5.97 Å². The van der Waals surface area contributed by atoms with E-state index in [1.807, 2.05) is 6.92 Å². The predicted molar refractivity (Wildman–Crippen MR) is 117 cm³/mol. The van der Waals surface area contributed by atoms with Crippen LogP contribution in [0.3, 0.4) is 0 Å². The number of furan rings is 1. The number of rotatable bonds is 7. The van der Waals surface area contributed by atoms with Crippen molar-refractivity contribution in [2.75, 3.05) is 19.5 Å². The Morgan fingerprint density at radius 2 is 1.84 bits per heavy atom. The molecule has 31 heavy (non-hydrogen) atoms. The molecule has 3 rings (SSSR count). The van der Waals surface area contributed by atoms with E-state index in [0.29, 0.717) is 16.3 Å². The zero-order valence-electron chi connectivity index (χ0n) is 17.5. The molecule has 0 aliphatic heterocycles. The fourth-order valence-electron chi connectivity index (χ4n) is 2.90. The number of thiophene rings is 1. The highest BCUT2D eigenvalue weighted by molar-refractivity contribution is 7.89. The second-order valence-corrected chi connectivity index (χ2v) is 10.1. The Balaban J connectivity index is 1.78. The molecule has 0 radical (unpaired) electrons. The second-order valence-electron chi connectivity index (χ2n) is 6.80. The van der Waals surface area contributed by atoms with Crippen LogP contribution >= 0.6 is 11.3 Å². The molecule has 2 aromatic heterocycles. The van der Waals surface area contributed by atoms with Crippen LogP contribution in [0, 0.1) is 13.8 Å². The fraction of sp³-hybridized carbons (Fsp3) is 0.238. The van der Waals surface area contributed by atoms with E-state index in [0.717, 1.165) is 10.4 Å². The van der Waals surface area contributed by atoms with Crippen molar-refractivity contribution in [3.05, 3.63) is 70.0 Å². The van der Waals surface area contributed by atoms with Gasteiger partial charge in [0.2, 0.25) is 10.0 Å². The molecule has 1 aromatic carbocycles. The van der Waals surface area contributed by atoms with E-state index >= 15 is 0 Å². The van der Waals surface area contributed by atoms with Crippen molar-refractivity contribution in [3.8, 4) is 0 Å². The number of hydrogen-bond acceptors (Lipinski definition) is 7. The third kappa shape index (κ3) is 4.71. The summed E-state index contributed by atoms with van der Waals surface area (Å²) in [6.45, 7) is 3.72. The highest BCUT2D eigenvalue weighted by Gasteiger charge is 2.24. The Morgan fingerprint density at radius 3 is 2.42 bits per heavy atom. The monoisotopic (exact) mass is 462 g/mol. The van der Waals surface area contributed by atoms with Gasteiger partial charge in [-0.15, -0.1) is 11.3 Å². The van der Waals surface area contributed by atoms with Crippen LogP contribution in [0.25, 0.3) is 0 Å². The summed E-state index contributed by atoms with van der Waals surface area (Å²) >= 11 is 1.28. The average molecular weight is 463 g/mol. The third-order valence-corrected chi connectivity index (χ3v) is 7.73. The zero-order valence-corrected chi connectivity index (χ0v) is 19.1. The number of ether oxygens (including phenoxy) is 1. The zero-order chi connectivity index (χ0) is 22.8. The molecule has 0 bridgehead atoms. The maximum absolute atomic E-state index is 12.8. The molecular formula is C21H22N2O6S2. The average Bonchev–Trinajstić information content (AvgIpc) is 3.35. The molecule has 0 saturated carbocycles. The lowest BCUT2D eigenvalue weighted by Crippen LogP contribution is -2.26. The second kappa shape index (κ2) is 9.04. The molecule has 2 heterocycles. The lowest BCUT2D eigenvalue weighted by atomic mass is 10.1. The number of anilines is 1. The maximum Gasteiger partial charge on any atom is 0.341 e. The van der Waals surface area contributed by atoms with Crippen LogP contribution in [0.15, 0.2) is 52.0 Å². The first-order valence-corrected chi connectivity index (χ1v) is 11.5. The lowest BCUT2D eigenvalue weighted by molar-refractivity contribution is 0.0601. The number of benzene rings is 1. The van der Waals surface area contributed by atoms with E-state index in [-0.39, 0.29) is 17.0 Å². The summed E-state index contributed by atoms with van der Waals surface area (Å²) in [5.74, 6) is -0.470. The van der Waals surface area contributed by atoms with E-state index < -0.39 is 21.9 Å². The van der Waals surface area contributed by atoms with E-state index in [4.69, 9.17) is 9.15 Å². The molecule has 8 nitrogen and oxygen atoms in total. The molecule has 0 fully saturated rings.